The molecule has 22 heavy (non-hydrogen) atoms. The van der Waals surface area contributed by atoms with E-state index in [0.29, 0.717) is 0 Å². The molecular formula is C16H20N6. The summed E-state index contributed by atoms with van der Waals surface area (Å²) in [5.41, 5.74) is 2.28. The van der Waals surface area contributed by atoms with Gasteiger partial charge in [-0.1, -0.05) is 0 Å². The lowest BCUT2D eigenvalue weighted by Gasteiger charge is -2.23. The topological polar surface area (TPSA) is 58.0 Å². The molecule has 6 heteroatoms. The normalized spacial score (nSPS) is 24.7. The first-order valence-electron chi connectivity index (χ1n) is 7.78. The average Bonchev–Trinajstić information content (AvgIpc) is 3.07. The first-order chi connectivity index (χ1) is 10.8. The molecule has 2 aliphatic rings. The number of rotatable bonds is 3. The van der Waals surface area contributed by atoms with E-state index in [0.717, 1.165) is 56.1 Å². The zero-order valence-electron chi connectivity index (χ0n) is 12.8. The van der Waals surface area contributed by atoms with E-state index in [9.17, 15) is 0 Å². The van der Waals surface area contributed by atoms with Crippen molar-refractivity contribution in [3.8, 4) is 0 Å². The highest BCUT2D eigenvalue weighted by atomic mass is 15.3. The lowest BCUT2D eigenvalue weighted by atomic mass is 10.0. The lowest BCUT2D eigenvalue weighted by molar-refractivity contribution is 0.305. The van der Waals surface area contributed by atoms with E-state index in [1.165, 1.54) is 5.56 Å². The van der Waals surface area contributed by atoms with Crippen LogP contribution in [-0.4, -0.2) is 51.0 Å². The van der Waals surface area contributed by atoms with Gasteiger partial charge in [0.05, 0.1) is 5.69 Å². The van der Waals surface area contributed by atoms with Crippen LogP contribution < -0.4 is 4.90 Å². The predicted octanol–water partition coefficient (Wildman–Crippen LogP) is 1.14. The summed E-state index contributed by atoms with van der Waals surface area (Å²) in [6, 6.07) is 2.00. The largest absolute Gasteiger partial charge is 0.356 e. The second kappa shape index (κ2) is 5.61. The Hall–Kier alpha value is -2.08. The standard InChI is InChI=1S/C16H20N6/c1-12-4-18-11-20-16(12)22-7-13-5-21(6-14(13)8-22)9-15-2-3-17-10-19-15/h2-4,10-11,13-14H,5-9H2,1H3. The van der Waals surface area contributed by atoms with Gasteiger partial charge in [-0.25, -0.2) is 19.9 Å². The Labute approximate surface area is 130 Å². The number of hydrogen-bond donors (Lipinski definition) is 0. The van der Waals surface area contributed by atoms with E-state index in [1.807, 2.05) is 18.5 Å². The zero-order valence-corrected chi connectivity index (χ0v) is 12.8. The number of likely N-dealkylation sites (tertiary alicyclic amines) is 1. The minimum absolute atomic E-state index is 0.733. The van der Waals surface area contributed by atoms with Gasteiger partial charge in [0.25, 0.3) is 0 Å². The number of hydrogen-bond acceptors (Lipinski definition) is 6. The molecule has 0 N–H and O–H groups in total. The Morgan fingerprint density at radius 3 is 2.50 bits per heavy atom. The van der Waals surface area contributed by atoms with Crippen molar-refractivity contribution in [3.63, 3.8) is 0 Å². The predicted molar refractivity (Wildman–Crippen MR) is 83.3 cm³/mol. The van der Waals surface area contributed by atoms with E-state index in [-0.39, 0.29) is 0 Å². The lowest BCUT2D eigenvalue weighted by Crippen LogP contribution is -2.29. The Kier molecular flexibility index (Phi) is 3.46. The highest BCUT2D eigenvalue weighted by Crippen LogP contribution is 2.34. The van der Waals surface area contributed by atoms with Crippen LogP contribution in [0.2, 0.25) is 0 Å². The van der Waals surface area contributed by atoms with Gasteiger partial charge in [0.15, 0.2) is 0 Å². The van der Waals surface area contributed by atoms with Gasteiger partial charge in [-0.05, 0) is 24.8 Å². The molecule has 4 heterocycles. The molecule has 2 saturated heterocycles. The SMILES string of the molecule is Cc1cncnc1N1CC2CN(Cc3ccncn3)CC2C1. The van der Waals surface area contributed by atoms with Gasteiger partial charge in [-0.3, -0.25) is 4.90 Å². The third kappa shape index (κ3) is 2.54. The van der Waals surface area contributed by atoms with Crippen molar-refractivity contribution in [1.82, 2.24) is 24.8 Å². The van der Waals surface area contributed by atoms with Crippen LogP contribution in [0.4, 0.5) is 5.82 Å². The summed E-state index contributed by atoms with van der Waals surface area (Å²) < 4.78 is 0. The zero-order chi connectivity index (χ0) is 14.9. The van der Waals surface area contributed by atoms with E-state index in [1.54, 1.807) is 12.7 Å². The first kappa shape index (κ1) is 13.6. The van der Waals surface area contributed by atoms with Crippen molar-refractivity contribution in [2.45, 2.75) is 13.5 Å². The van der Waals surface area contributed by atoms with Gasteiger partial charge >= 0.3 is 0 Å². The molecule has 2 aliphatic heterocycles. The Morgan fingerprint density at radius 2 is 1.82 bits per heavy atom. The van der Waals surface area contributed by atoms with Crippen LogP contribution in [0, 0.1) is 18.8 Å². The average molecular weight is 296 g/mol. The van der Waals surface area contributed by atoms with Crippen molar-refractivity contribution in [1.29, 1.82) is 0 Å². The maximum Gasteiger partial charge on any atom is 0.134 e. The Balaban J connectivity index is 1.40. The van der Waals surface area contributed by atoms with Gasteiger partial charge in [0.1, 0.15) is 18.5 Å². The fourth-order valence-electron chi connectivity index (χ4n) is 3.76. The summed E-state index contributed by atoms with van der Waals surface area (Å²) in [6.07, 6.45) is 7.00. The Morgan fingerprint density at radius 1 is 1.05 bits per heavy atom. The fourth-order valence-corrected chi connectivity index (χ4v) is 3.76. The fraction of sp³-hybridized carbons (Fsp3) is 0.500. The number of fused-ring (bicyclic) bond motifs is 1. The van der Waals surface area contributed by atoms with Crippen LogP contribution in [-0.2, 0) is 6.54 Å². The van der Waals surface area contributed by atoms with Crippen molar-refractivity contribution in [2.75, 3.05) is 31.1 Å². The summed E-state index contributed by atoms with van der Waals surface area (Å²) >= 11 is 0. The molecule has 0 saturated carbocycles. The Bertz CT molecular complexity index is 632. The van der Waals surface area contributed by atoms with Crippen LogP contribution >= 0.6 is 0 Å². The number of nitrogens with zero attached hydrogens (tertiary/aromatic N) is 6. The summed E-state index contributed by atoms with van der Waals surface area (Å²) in [6.45, 7) is 7.52. The summed E-state index contributed by atoms with van der Waals surface area (Å²) in [5.74, 6) is 2.57. The first-order valence-corrected chi connectivity index (χ1v) is 7.78. The van der Waals surface area contributed by atoms with Gasteiger partial charge in [0.2, 0.25) is 0 Å². The molecule has 114 valence electrons. The molecule has 2 atom stereocenters. The molecule has 2 aromatic rings. The molecule has 6 nitrogen and oxygen atoms in total. The molecule has 0 spiro atoms. The molecule has 2 unspecified atom stereocenters. The molecule has 0 aliphatic carbocycles. The number of aryl methyl sites for hydroxylation is 1. The van der Waals surface area contributed by atoms with Crippen LogP contribution in [0.5, 0.6) is 0 Å². The third-order valence-electron chi connectivity index (χ3n) is 4.76. The highest BCUT2D eigenvalue weighted by Gasteiger charge is 2.40. The number of anilines is 1. The molecular weight excluding hydrogens is 276 g/mol. The summed E-state index contributed by atoms with van der Waals surface area (Å²) in [4.78, 5) is 21.8. The second-order valence-electron chi connectivity index (χ2n) is 6.35. The van der Waals surface area contributed by atoms with Crippen molar-refractivity contribution < 1.29 is 0 Å². The van der Waals surface area contributed by atoms with Gasteiger partial charge in [0, 0.05) is 50.7 Å². The summed E-state index contributed by atoms with van der Waals surface area (Å²) in [7, 11) is 0. The van der Waals surface area contributed by atoms with Crippen LogP contribution in [0.1, 0.15) is 11.3 Å². The van der Waals surface area contributed by atoms with Crippen molar-refractivity contribution in [3.05, 3.63) is 42.4 Å². The van der Waals surface area contributed by atoms with Gasteiger partial charge in [-0.2, -0.15) is 0 Å². The maximum atomic E-state index is 4.46. The quantitative estimate of drug-likeness (QED) is 0.846. The minimum atomic E-state index is 0.733. The molecule has 0 radical (unpaired) electrons. The minimum Gasteiger partial charge on any atom is -0.356 e. The van der Waals surface area contributed by atoms with Crippen molar-refractivity contribution >= 4 is 5.82 Å². The molecule has 0 bridgehead atoms. The maximum absolute atomic E-state index is 4.46. The van der Waals surface area contributed by atoms with Crippen LogP contribution in [0.25, 0.3) is 0 Å². The van der Waals surface area contributed by atoms with E-state index in [4.69, 9.17) is 0 Å². The monoisotopic (exact) mass is 296 g/mol. The van der Waals surface area contributed by atoms with E-state index in [2.05, 4.69) is 36.7 Å². The molecule has 0 amide bonds. The van der Waals surface area contributed by atoms with Gasteiger partial charge < -0.3 is 4.90 Å². The molecule has 2 aromatic heterocycles. The summed E-state index contributed by atoms with van der Waals surface area (Å²) in [5, 5.41) is 0. The van der Waals surface area contributed by atoms with E-state index < -0.39 is 0 Å². The molecule has 4 rings (SSSR count). The second-order valence-corrected chi connectivity index (χ2v) is 6.35. The smallest absolute Gasteiger partial charge is 0.134 e. The van der Waals surface area contributed by atoms with E-state index >= 15 is 0 Å². The van der Waals surface area contributed by atoms with Crippen molar-refractivity contribution in [2.24, 2.45) is 11.8 Å². The highest BCUT2D eigenvalue weighted by molar-refractivity contribution is 5.46. The van der Waals surface area contributed by atoms with Crippen LogP contribution in [0.15, 0.2) is 31.1 Å². The van der Waals surface area contributed by atoms with Gasteiger partial charge in [-0.15, -0.1) is 0 Å². The molecule has 0 aromatic carbocycles. The molecule has 2 fully saturated rings. The van der Waals surface area contributed by atoms with Crippen LogP contribution in [0.3, 0.4) is 0 Å². The third-order valence-corrected chi connectivity index (χ3v) is 4.76. The number of aromatic nitrogens is 4.